The predicted octanol–water partition coefficient (Wildman–Crippen LogP) is 8.45. The molecule has 2 atom stereocenters. The number of hydrogen-bond acceptors (Lipinski definition) is 17. The Morgan fingerprint density at radius 2 is 1.43 bits per heavy atom. The zero-order valence-corrected chi connectivity index (χ0v) is 49.0. The predicted molar refractivity (Wildman–Crippen MR) is 304 cm³/mol. The van der Waals surface area contributed by atoms with E-state index in [0.717, 1.165) is 11.1 Å². The number of carbonyl (C=O) groups excluding carboxylic acids is 5. The van der Waals surface area contributed by atoms with Crippen LogP contribution in [0.3, 0.4) is 0 Å². The van der Waals surface area contributed by atoms with Gasteiger partial charge in [0, 0.05) is 54.8 Å². The summed E-state index contributed by atoms with van der Waals surface area (Å²) in [7, 11) is 0. The van der Waals surface area contributed by atoms with Gasteiger partial charge in [0.1, 0.15) is 41.0 Å². The average molecular weight is 1170 g/mol. The Kier molecular flexibility index (Phi) is 24.4. The maximum absolute atomic E-state index is 15.7. The zero-order valence-electron chi connectivity index (χ0n) is 48.2. The lowest BCUT2D eigenvalue weighted by atomic mass is 9.81. The van der Waals surface area contributed by atoms with E-state index in [0.29, 0.717) is 29.4 Å². The van der Waals surface area contributed by atoms with Crippen LogP contribution in [0.1, 0.15) is 110 Å². The number of ether oxygens (including phenoxy) is 8. The lowest BCUT2D eigenvalue weighted by Crippen LogP contribution is -2.49. The molecule has 1 aliphatic heterocycles. The number of halogens is 1. The number of nitrogens with one attached hydrogen (secondary N) is 6. The molecule has 25 heteroatoms. The third-order valence-corrected chi connectivity index (χ3v) is 12.1. The lowest BCUT2D eigenvalue weighted by molar-refractivity contribution is -0.123. The number of rotatable bonds is 26. The van der Waals surface area contributed by atoms with E-state index in [1.165, 1.54) is 41.7 Å². The van der Waals surface area contributed by atoms with Crippen LogP contribution in [0.5, 0.6) is 17.2 Å². The number of aromatic carboxylic acids is 1. The van der Waals surface area contributed by atoms with Gasteiger partial charge >= 0.3 is 24.2 Å². The highest BCUT2D eigenvalue weighted by Gasteiger charge is 2.36. The molecule has 0 radical (unpaired) electrons. The van der Waals surface area contributed by atoms with E-state index in [4.69, 9.17) is 37.9 Å². The Morgan fingerprint density at radius 3 is 2.05 bits per heavy atom. The van der Waals surface area contributed by atoms with Crippen LogP contribution in [0.4, 0.5) is 23.9 Å². The van der Waals surface area contributed by atoms with Crippen molar-refractivity contribution in [1.82, 2.24) is 31.6 Å². The van der Waals surface area contributed by atoms with E-state index in [2.05, 4.69) is 41.9 Å². The number of fused-ring (bicyclic) bond motifs is 1. The highest BCUT2D eigenvalue weighted by Crippen LogP contribution is 2.42. The van der Waals surface area contributed by atoms with E-state index < -0.39 is 64.4 Å². The summed E-state index contributed by atoms with van der Waals surface area (Å²) in [5.74, 6) is -1.78. The van der Waals surface area contributed by atoms with Crippen molar-refractivity contribution in [2.24, 2.45) is 4.99 Å². The van der Waals surface area contributed by atoms with Crippen molar-refractivity contribution in [3.63, 3.8) is 0 Å². The number of amides is 5. The van der Waals surface area contributed by atoms with E-state index in [1.54, 1.807) is 92.1 Å². The number of carboxylic acids is 1. The Labute approximate surface area is 481 Å². The van der Waals surface area contributed by atoms with Gasteiger partial charge in [0.25, 0.3) is 0 Å². The van der Waals surface area contributed by atoms with Crippen molar-refractivity contribution in [2.75, 3.05) is 71.2 Å². The van der Waals surface area contributed by atoms with Gasteiger partial charge in [-0.3, -0.25) is 14.9 Å². The van der Waals surface area contributed by atoms with Crippen LogP contribution in [-0.2, 0) is 50.0 Å². The van der Waals surface area contributed by atoms with Crippen LogP contribution in [0.2, 0.25) is 0 Å². The third kappa shape index (κ3) is 23.2. The fourth-order valence-electron chi connectivity index (χ4n) is 7.97. The summed E-state index contributed by atoms with van der Waals surface area (Å²) in [6.45, 7) is 19.3. The highest BCUT2D eigenvalue weighted by molar-refractivity contribution is 7.13. The second-order valence-corrected chi connectivity index (χ2v) is 22.9. The summed E-state index contributed by atoms with van der Waals surface area (Å²) in [6, 6.07) is 12.9. The maximum Gasteiger partial charge on any atom is 0.437 e. The van der Waals surface area contributed by atoms with Gasteiger partial charge in [-0.25, -0.2) is 28.6 Å². The van der Waals surface area contributed by atoms with Crippen LogP contribution in [0, 0.1) is 5.82 Å². The molecule has 5 rings (SSSR count). The normalized spacial score (nSPS) is 14.8. The molecule has 448 valence electrons. The molecule has 2 heterocycles. The van der Waals surface area contributed by atoms with Gasteiger partial charge in [-0.1, -0.05) is 12.1 Å². The fraction of sp³-hybridized carbons (Fsp3) is 0.509. The van der Waals surface area contributed by atoms with Crippen molar-refractivity contribution in [3.05, 3.63) is 88.7 Å². The molecule has 0 bridgehead atoms. The Morgan fingerprint density at radius 1 is 0.780 bits per heavy atom. The number of carbonyl (C=O) groups is 6. The molecule has 7 N–H and O–H groups in total. The van der Waals surface area contributed by atoms with Gasteiger partial charge in [0.2, 0.25) is 17.8 Å². The summed E-state index contributed by atoms with van der Waals surface area (Å²) in [4.78, 5) is 83.6. The first kappa shape index (κ1) is 65.4. The Bertz CT molecular complexity index is 2820. The molecule has 1 aromatic heterocycles. The van der Waals surface area contributed by atoms with E-state index >= 15 is 4.39 Å². The first-order valence-corrected chi connectivity index (χ1v) is 27.6. The van der Waals surface area contributed by atoms with E-state index in [-0.39, 0.29) is 113 Å². The quantitative estimate of drug-likeness (QED) is 0.0134. The standard InChI is InChI=1S/C57H77FN8O15S/c1-54(2,3)79-51(71)63-43(12-11-20-60-49(65-52(72)80-55(4,5)6)66-53(73)81-56(7,8)9)47(68)59-22-24-74-25-26-75-27-28-76-29-30-77-44-32-38-19-21-62-57(10,35-46(67)64-50-61-23-31-82-50)41(38)34-45(44)78-39-17-18-40(42(58)33-39)36-13-15-37(16-14-36)48(69)70/h13-18,23,31-34,43,62H,11-12,19-22,24-30,35H2,1-10H3,(H,59,68)(H,63,71)(H,69,70)(H,61,64,67)(H2,60,65,66,72,73)/t43-,57+/m0/s1. The topological polar surface area (TPSA) is 294 Å². The minimum atomic E-state index is -1.09. The summed E-state index contributed by atoms with van der Waals surface area (Å²) < 4.78 is 61.2. The number of aromatic nitrogens is 1. The summed E-state index contributed by atoms with van der Waals surface area (Å²) in [6.07, 6.45) is 0.120. The number of alkyl carbamates (subject to hydrolysis) is 2. The van der Waals surface area contributed by atoms with Gasteiger partial charge < -0.3 is 69.6 Å². The summed E-state index contributed by atoms with van der Waals surface area (Å²) in [5, 5.41) is 28.5. The van der Waals surface area contributed by atoms with Gasteiger partial charge in [-0.05, 0) is 142 Å². The van der Waals surface area contributed by atoms with Gasteiger partial charge in [-0.15, -0.1) is 16.3 Å². The number of guanidine groups is 1. The molecule has 3 aromatic carbocycles. The molecule has 1 aliphatic rings. The van der Waals surface area contributed by atoms with E-state index in [9.17, 15) is 33.9 Å². The number of aliphatic imine (C=N–C) groups is 1. The van der Waals surface area contributed by atoms with Gasteiger partial charge in [-0.2, -0.15) is 0 Å². The first-order valence-electron chi connectivity index (χ1n) is 26.8. The molecule has 82 heavy (non-hydrogen) atoms. The molecule has 4 aromatic rings. The molecule has 0 saturated heterocycles. The monoisotopic (exact) mass is 1160 g/mol. The number of benzene rings is 3. The van der Waals surface area contributed by atoms with Crippen LogP contribution in [-0.4, -0.2) is 141 Å². The van der Waals surface area contributed by atoms with Crippen LogP contribution in [0.25, 0.3) is 11.1 Å². The van der Waals surface area contributed by atoms with Gasteiger partial charge in [0.15, 0.2) is 16.6 Å². The van der Waals surface area contributed by atoms with Crippen LogP contribution >= 0.6 is 11.3 Å². The molecule has 0 spiro atoms. The van der Waals surface area contributed by atoms with Crippen molar-refractivity contribution >= 4 is 58.5 Å². The number of nitrogens with zero attached hydrogens (tertiary/aromatic N) is 2. The smallest absolute Gasteiger partial charge is 0.437 e. The van der Waals surface area contributed by atoms with E-state index in [1.807, 2.05) is 13.0 Å². The molecule has 0 aliphatic carbocycles. The molecular weight excluding hydrogens is 1090 g/mol. The largest absolute Gasteiger partial charge is 0.487 e. The van der Waals surface area contributed by atoms with Crippen molar-refractivity contribution < 1.29 is 76.2 Å². The first-order chi connectivity index (χ1) is 38.6. The number of hydrogen-bond donors (Lipinski definition) is 7. The Hall–Kier alpha value is -7.45. The highest BCUT2D eigenvalue weighted by atomic mass is 32.1. The minimum Gasteiger partial charge on any atom is -0.487 e. The second-order valence-electron chi connectivity index (χ2n) is 22.0. The molecule has 23 nitrogen and oxygen atoms in total. The Balaban J connectivity index is 1.08. The SMILES string of the molecule is CC(C)(C)OC(=O)/N=C(/NCCC[C@H](NC(=O)OC(C)(C)C)C(=O)NCCOCCOCCOCCOc1cc2c(cc1Oc1ccc(-c3ccc(C(=O)O)cc3)c(F)c1)[C@@](C)(CC(=O)Nc1nccs1)NCC2)NC(=O)OC(C)(C)C. The maximum atomic E-state index is 15.7. The van der Waals surface area contributed by atoms with Crippen LogP contribution in [0.15, 0.2) is 71.2 Å². The van der Waals surface area contributed by atoms with Crippen molar-refractivity contribution in [3.8, 4) is 28.4 Å². The molecule has 5 amide bonds. The number of anilines is 1. The van der Waals surface area contributed by atoms with Crippen LogP contribution < -0.4 is 41.4 Å². The van der Waals surface area contributed by atoms with Gasteiger partial charge in [0.05, 0.1) is 45.2 Å². The minimum absolute atomic E-state index is 0.0796. The van der Waals surface area contributed by atoms with Crippen molar-refractivity contribution in [2.45, 2.75) is 123 Å². The fourth-order valence-corrected chi connectivity index (χ4v) is 8.51. The molecule has 0 fully saturated rings. The lowest BCUT2D eigenvalue weighted by Gasteiger charge is -2.37. The number of thiazole rings is 1. The number of carboxylic acid groups (broad SMARTS) is 1. The zero-order chi connectivity index (χ0) is 60.1. The average Bonchev–Trinajstić information content (AvgIpc) is 2.39. The summed E-state index contributed by atoms with van der Waals surface area (Å²) in [5.41, 5.74) is -0.730. The third-order valence-electron chi connectivity index (χ3n) is 11.4. The van der Waals surface area contributed by atoms with Crippen molar-refractivity contribution in [1.29, 1.82) is 0 Å². The second kappa shape index (κ2) is 30.6. The molecular formula is C57H77FN8O15S. The molecule has 0 saturated carbocycles. The molecule has 0 unspecified atom stereocenters. The summed E-state index contributed by atoms with van der Waals surface area (Å²) >= 11 is 1.32.